The summed E-state index contributed by atoms with van der Waals surface area (Å²) in [4.78, 5) is 19.5. The molecule has 0 aliphatic heterocycles. The van der Waals surface area contributed by atoms with Gasteiger partial charge in [0.05, 0.1) is 0 Å². The number of hydrogen-bond acceptors (Lipinski definition) is 4. The zero-order chi connectivity index (χ0) is 18.8. The zero-order valence-corrected chi connectivity index (χ0v) is 12.6. The number of hydrogen-bond donors (Lipinski definition) is 3. The molecule has 4 N–H and O–H groups in total. The molecular formula is C15H16F3NO5. The molecule has 6 nitrogen and oxygen atoms in total. The van der Waals surface area contributed by atoms with E-state index in [9.17, 15) is 18.0 Å². The van der Waals surface area contributed by atoms with E-state index in [4.69, 9.17) is 25.5 Å². The van der Waals surface area contributed by atoms with E-state index in [1.54, 1.807) is 31.2 Å². The number of alkyl halides is 3. The Kier molecular flexibility index (Phi) is 8.97. The standard InChI is InChI=1S/C13H15NO3.C2HF3O2/c1-2-3-8-17-11-6-4-10(5-7-11)9-12(14)13(15)16;3-2(4,5)1(6)7/h4-7,12H,8-9,14H2,1H3,(H,15,16);(H,6,7)/t12-;/m0./s1. The molecule has 1 aromatic carbocycles. The van der Waals surface area contributed by atoms with E-state index in [2.05, 4.69) is 11.8 Å². The minimum atomic E-state index is -5.08. The van der Waals surface area contributed by atoms with Crippen LogP contribution in [-0.4, -0.2) is 41.0 Å². The van der Waals surface area contributed by atoms with Gasteiger partial charge in [0.1, 0.15) is 18.4 Å². The molecule has 0 saturated carbocycles. The van der Waals surface area contributed by atoms with Crippen molar-refractivity contribution in [2.24, 2.45) is 5.73 Å². The predicted molar refractivity (Wildman–Crippen MR) is 78.4 cm³/mol. The van der Waals surface area contributed by atoms with E-state index >= 15 is 0 Å². The summed E-state index contributed by atoms with van der Waals surface area (Å²) in [7, 11) is 0. The molecule has 1 atom stereocenters. The van der Waals surface area contributed by atoms with Crippen molar-refractivity contribution in [1.29, 1.82) is 0 Å². The van der Waals surface area contributed by atoms with Crippen molar-refractivity contribution in [1.82, 2.24) is 0 Å². The first-order valence-electron chi connectivity index (χ1n) is 6.47. The normalized spacial score (nSPS) is 11.2. The maximum absolute atomic E-state index is 10.6. The molecule has 0 unspecified atom stereocenters. The van der Waals surface area contributed by atoms with Crippen LogP contribution in [0.3, 0.4) is 0 Å². The smallest absolute Gasteiger partial charge is 0.481 e. The number of halogens is 3. The molecule has 0 bridgehead atoms. The van der Waals surface area contributed by atoms with Crippen molar-refractivity contribution in [3.8, 4) is 17.6 Å². The van der Waals surface area contributed by atoms with Gasteiger partial charge in [0.25, 0.3) is 0 Å². The largest absolute Gasteiger partial charge is 0.490 e. The second-order valence-corrected chi connectivity index (χ2v) is 4.31. The lowest BCUT2D eigenvalue weighted by Crippen LogP contribution is -2.32. The second kappa shape index (κ2) is 10.1. The summed E-state index contributed by atoms with van der Waals surface area (Å²) in [6, 6.07) is 6.30. The Balaban J connectivity index is 0.000000640. The van der Waals surface area contributed by atoms with E-state index in [1.165, 1.54) is 0 Å². The van der Waals surface area contributed by atoms with Crippen molar-refractivity contribution in [2.45, 2.75) is 25.6 Å². The van der Waals surface area contributed by atoms with Crippen LogP contribution >= 0.6 is 0 Å². The van der Waals surface area contributed by atoms with Crippen LogP contribution in [0.25, 0.3) is 0 Å². The lowest BCUT2D eigenvalue weighted by Gasteiger charge is -2.07. The van der Waals surface area contributed by atoms with Gasteiger partial charge in [0.2, 0.25) is 0 Å². The summed E-state index contributed by atoms with van der Waals surface area (Å²) in [5, 5.41) is 15.8. The number of aliphatic carboxylic acids is 2. The van der Waals surface area contributed by atoms with Gasteiger partial charge in [0.15, 0.2) is 0 Å². The molecule has 0 spiro atoms. The third kappa shape index (κ3) is 9.32. The number of carboxylic acid groups (broad SMARTS) is 2. The third-order valence-electron chi connectivity index (χ3n) is 2.43. The highest BCUT2D eigenvalue weighted by atomic mass is 19.4. The summed E-state index contributed by atoms with van der Waals surface area (Å²) >= 11 is 0. The fourth-order valence-corrected chi connectivity index (χ4v) is 1.25. The number of carboxylic acids is 2. The molecule has 0 fully saturated rings. The Morgan fingerprint density at radius 3 is 2.12 bits per heavy atom. The van der Waals surface area contributed by atoms with Crippen molar-refractivity contribution in [3.63, 3.8) is 0 Å². The first-order valence-corrected chi connectivity index (χ1v) is 6.47. The maximum Gasteiger partial charge on any atom is 0.490 e. The van der Waals surface area contributed by atoms with Crippen molar-refractivity contribution in [3.05, 3.63) is 29.8 Å². The minimum Gasteiger partial charge on any atom is -0.481 e. The van der Waals surface area contributed by atoms with Gasteiger partial charge in [0, 0.05) is 0 Å². The van der Waals surface area contributed by atoms with Gasteiger partial charge in [-0.05, 0) is 31.0 Å². The summed E-state index contributed by atoms with van der Waals surface area (Å²) in [5.74, 6) is 2.47. The molecular weight excluding hydrogens is 331 g/mol. The Morgan fingerprint density at radius 2 is 1.75 bits per heavy atom. The highest BCUT2D eigenvalue weighted by Gasteiger charge is 2.38. The van der Waals surface area contributed by atoms with Gasteiger partial charge in [-0.1, -0.05) is 18.1 Å². The second-order valence-electron chi connectivity index (χ2n) is 4.31. The maximum atomic E-state index is 10.6. The Hall–Kier alpha value is -2.73. The first kappa shape index (κ1) is 21.3. The number of benzene rings is 1. The van der Waals surface area contributed by atoms with E-state index in [1.807, 2.05) is 0 Å². The SMILES string of the molecule is CC#CCOc1ccc(C[C@H](N)C(=O)O)cc1.O=C(O)C(F)(F)F. The minimum absolute atomic E-state index is 0.310. The van der Waals surface area contributed by atoms with E-state index in [-0.39, 0.29) is 0 Å². The quantitative estimate of drug-likeness (QED) is 0.699. The lowest BCUT2D eigenvalue weighted by atomic mass is 10.1. The fraction of sp³-hybridized carbons (Fsp3) is 0.333. The van der Waals surface area contributed by atoms with Crippen molar-refractivity contribution >= 4 is 11.9 Å². The molecule has 0 radical (unpaired) electrons. The summed E-state index contributed by atoms with van der Waals surface area (Å²) in [6.45, 7) is 2.10. The van der Waals surface area contributed by atoms with Crippen LogP contribution < -0.4 is 10.5 Å². The van der Waals surface area contributed by atoms with Gasteiger partial charge in [-0.3, -0.25) is 4.79 Å². The van der Waals surface area contributed by atoms with E-state index < -0.39 is 24.2 Å². The molecule has 0 aliphatic carbocycles. The van der Waals surface area contributed by atoms with Gasteiger partial charge in [-0.2, -0.15) is 13.2 Å². The van der Waals surface area contributed by atoms with Crippen LogP contribution in [0.5, 0.6) is 5.75 Å². The monoisotopic (exact) mass is 347 g/mol. The van der Waals surface area contributed by atoms with E-state index in [0.29, 0.717) is 18.8 Å². The molecule has 0 heterocycles. The zero-order valence-electron chi connectivity index (χ0n) is 12.6. The Morgan fingerprint density at radius 1 is 1.25 bits per heavy atom. The summed E-state index contributed by atoms with van der Waals surface area (Å²) in [6.07, 6.45) is -4.77. The average Bonchev–Trinajstić information content (AvgIpc) is 2.48. The molecule has 0 aromatic heterocycles. The average molecular weight is 347 g/mol. The van der Waals surface area contributed by atoms with Gasteiger partial charge in [-0.25, -0.2) is 4.79 Å². The number of nitrogens with two attached hydrogens (primary N) is 1. The number of rotatable bonds is 5. The lowest BCUT2D eigenvalue weighted by molar-refractivity contribution is -0.192. The van der Waals surface area contributed by atoms with Crippen LogP contribution in [-0.2, 0) is 16.0 Å². The number of carbonyl (C=O) groups is 2. The molecule has 1 aromatic rings. The Bertz CT molecular complexity index is 602. The van der Waals surface area contributed by atoms with Crippen molar-refractivity contribution < 1.29 is 37.7 Å². The van der Waals surface area contributed by atoms with Crippen LogP contribution in [0.2, 0.25) is 0 Å². The fourth-order valence-electron chi connectivity index (χ4n) is 1.25. The summed E-state index contributed by atoms with van der Waals surface area (Å²) < 4.78 is 37.1. The van der Waals surface area contributed by atoms with Gasteiger partial charge >= 0.3 is 18.1 Å². The topological polar surface area (TPSA) is 110 Å². The highest BCUT2D eigenvalue weighted by molar-refractivity contribution is 5.73. The van der Waals surface area contributed by atoms with Crippen LogP contribution in [0.4, 0.5) is 13.2 Å². The van der Waals surface area contributed by atoms with E-state index in [0.717, 1.165) is 5.56 Å². The first-order chi connectivity index (χ1) is 11.1. The molecule has 132 valence electrons. The number of ether oxygens (including phenoxy) is 1. The molecule has 24 heavy (non-hydrogen) atoms. The van der Waals surface area contributed by atoms with Crippen molar-refractivity contribution in [2.75, 3.05) is 6.61 Å². The third-order valence-corrected chi connectivity index (χ3v) is 2.43. The van der Waals surface area contributed by atoms with Crippen LogP contribution in [0.15, 0.2) is 24.3 Å². The molecule has 0 aliphatic rings. The van der Waals surface area contributed by atoms with Crippen LogP contribution in [0.1, 0.15) is 12.5 Å². The van der Waals surface area contributed by atoms with Crippen LogP contribution in [0, 0.1) is 11.8 Å². The summed E-state index contributed by atoms with van der Waals surface area (Å²) in [5.41, 5.74) is 6.31. The van der Waals surface area contributed by atoms with Gasteiger partial charge < -0.3 is 20.7 Å². The predicted octanol–water partition coefficient (Wildman–Crippen LogP) is 1.68. The molecule has 1 rings (SSSR count). The molecule has 0 amide bonds. The highest BCUT2D eigenvalue weighted by Crippen LogP contribution is 2.13. The van der Waals surface area contributed by atoms with Gasteiger partial charge in [-0.15, -0.1) is 5.92 Å². The molecule has 0 saturated heterocycles. The Labute approximate surface area is 136 Å². The molecule has 9 heteroatoms.